The van der Waals surface area contributed by atoms with Gasteiger partial charge in [-0.2, -0.15) is 5.26 Å². The third kappa shape index (κ3) is 5.36. The molecule has 3 aromatic carbocycles. The maximum atomic E-state index is 12.9. The molecule has 1 N–H and O–H groups in total. The number of fused-ring (bicyclic) bond motifs is 1. The first-order chi connectivity index (χ1) is 15.9. The van der Waals surface area contributed by atoms with Gasteiger partial charge < -0.3 is 4.90 Å². The van der Waals surface area contributed by atoms with Gasteiger partial charge in [-0.3, -0.25) is 9.52 Å². The Bertz CT molecular complexity index is 1330. The number of hydrogen-bond donors (Lipinski definition) is 1. The molecule has 0 aromatic heterocycles. The highest BCUT2D eigenvalue weighted by molar-refractivity contribution is 7.92. The molecule has 0 spiro atoms. The van der Waals surface area contributed by atoms with E-state index in [9.17, 15) is 13.2 Å². The van der Waals surface area contributed by atoms with E-state index in [4.69, 9.17) is 16.9 Å². The zero-order valence-electron chi connectivity index (χ0n) is 17.8. The normalized spacial score (nSPS) is 13.2. The van der Waals surface area contributed by atoms with Gasteiger partial charge in [-0.1, -0.05) is 29.8 Å². The summed E-state index contributed by atoms with van der Waals surface area (Å²) < 4.78 is 28.0. The fraction of sp³-hybridized carbons (Fsp3) is 0.200. The second-order valence-electron chi connectivity index (χ2n) is 7.86. The molecular weight excluding hydrogens is 458 g/mol. The number of rotatable bonds is 6. The number of aryl methyl sites for hydroxylation is 2. The smallest absolute Gasteiger partial charge is 0.261 e. The number of hydrogen-bond acceptors (Lipinski definition) is 4. The topological polar surface area (TPSA) is 90.3 Å². The van der Waals surface area contributed by atoms with Crippen molar-refractivity contribution in [3.8, 4) is 6.07 Å². The van der Waals surface area contributed by atoms with E-state index < -0.39 is 10.0 Å². The first kappa shape index (κ1) is 22.8. The number of benzene rings is 3. The lowest BCUT2D eigenvalue weighted by molar-refractivity contribution is -0.118. The summed E-state index contributed by atoms with van der Waals surface area (Å²) in [4.78, 5) is 14.8. The van der Waals surface area contributed by atoms with Crippen molar-refractivity contribution in [2.75, 3.05) is 16.2 Å². The van der Waals surface area contributed by atoms with Gasteiger partial charge in [0.25, 0.3) is 10.0 Å². The number of halogens is 1. The number of sulfonamides is 1. The van der Waals surface area contributed by atoms with Crippen LogP contribution >= 0.6 is 11.6 Å². The van der Waals surface area contributed by atoms with Crippen molar-refractivity contribution in [3.05, 3.63) is 88.4 Å². The van der Waals surface area contributed by atoms with Crippen LogP contribution in [0, 0.1) is 11.3 Å². The van der Waals surface area contributed by atoms with E-state index in [1.54, 1.807) is 47.4 Å². The van der Waals surface area contributed by atoms with Crippen LogP contribution in [0.5, 0.6) is 0 Å². The summed E-state index contributed by atoms with van der Waals surface area (Å²) >= 11 is 5.93. The Morgan fingerprint density at radius 1 is 1.09 bits per heavy atom. The van der Waals surface area contributed by atoms with Crippen molar-refractivity contribution < 1.29 is 13.2 Å². The fourth-order valence-corrected chi connectivity index (χ4v) is 5.25. The molecule has 1 amide bonds. The van der Waals surface area contributed by atoms with Gasteiger partial charge >= 0.3 is 0 Å². The average Bonchev–Trinajstić information content (AvgIpc) is 2.82. The summed E-state index contributed by atoms with van der Waals surface area (Å²) in [5, 5.41) is 9.25. The van der Waals surface area contributed by atoms with E-state index in [1.165, 1.54) is 12.1 Å². The number of nitrogens with one attached hydrogen (secondary N) is 1. The average molecular weight is 480 g/mol. The second kappa shape index (κ2) is 9.65. The Morgan fingerprint density at radius 2 is 1.88 bits per heavy atom. The zero-order chi connectivity index (χ0) is 23.4. The van der Waals surface area contributed by atoms with Crippen LogP contribution in [0.15, 0.2) is 71.6 Å². The Balaban J connectivity index is 1.47. The van der Waals surface area contributed by atoms with E-state index in [0.717, 1.165) is 29.7 Å². The quantitative estimate of drug-likeness (QED) is 0.543. The van der Waals surface area contributed by atoms with Crippen LogP contribution in [0.3, 0.4) is 0 Å². The molecule has 0 saturated heterocycles. The predicted octanol–water partition coefficient (Wildman–Crippen LogP) is 4.92. The number of nitrogens with zero attached hydrogens (tertiary/aromatic N) is 2. The van der Waals surface area contributed by atoms with Gasteiger partial charge in [0.15, 0.2) is 0 Å². The van der Waals surface area contributed by atoms with Crippen molar-refractivity contribution in [2.24, 2.45) is 0 Å². The summed E-state index contributed by atoms with van der Waals surface area (Å²) in [6.07, 6.45) is 2.52. The molecule has 0 saturated carbocycles. The lowest BCUT2D eigenvalue weighted by Crippen LogP contribution is -2.35. The van der Waals surface area contributed by atoms with Crippen molar-refractivity contribution in [3.63, 3.8) is 0 Å². The molecule has 8 heteroatoms. The molecule has 4 rings (SSSR count). The van der Waals surface area contributed by atoms with Crippen LogP contribution in [-0.2, 0) is 27.7 Å². The number of amides is 1. The van der Waals surface area contributed by atoms with Gasteiger partial charge in [0.2, 0.25) is 5.91 Å². The molecular formula is C25H22ClN3O3S. The minimum absolute atomic E-state index is 0.0209. The van der Waals surface area contributed by atoms with Gasteiger partial charge in [-0.05, 0) is 78.9 Å². The zero-order valence-corrected chi connectivity index (χ0v) is 19.4. The molecule has 168 valence electrons. The highest BCUT2D eigenvalue weighted by Crippen LogP contribution is 2.31. The van der Waals surface area contributed by atoms with Gasteiger partial charge in [-0.25, -0.2) is 8.42 Å². The van der Waals surface area contributed by atoms with Gasteiger partial charge in [0.1, 0.15) is 0 Å². The van der Waals surface area contributed by atoms with Gasteiger partial charge in [0, 0.05) is 29.4 Å². The Kier molecular flexibility index (Phi) is 6.68. The number of nitriles is 1. The van der Waals surface area contributed by atoms with Crippen molar-refractivity contribution in [1.82, 2.24) is 0 Å². The second-order valence-corrected chi connectivity index (χ2v) is 9.98. The molecule has 0 unspecified atom stereocenters. The number of anilines is 2. The monoisotopic (exact) mass is 479 g/mol. The Labute approximate surface area is 198 Å². The molecule has 1 aliphatic heterocycles. The molecule has 1 aliphatic rings. The van der Waals surface area contributed by atoms with Crippen LogP contribution in [0.4, 0.5) is 11.4 Å². The van der Waals surface area contributed by atoms with Crippen LogP contribution in [0.2, 0.25) is 5.02 Å². The standard InChI is InChI=1S/C25H22ClN3O3S/c26-21-4-1-5-23(16-21)33(31,32)28-22-11-12-24-20(15-22)3-2-14-29(24)25(30)13-10-18-6-8-19(17-27)9-7-18/h1,4-9,11-12,15-16,28H,2-3,10,13-14H2. The molecule has 0 radical (unpaired) electrons. The van der Waals surface area contributed by atoms with Crippen molar-refractivity contribution >= 4 is 38.9 Å². The minimum Gasteiger partial charge on any atom is -0.312 e. The highest BCUT2D eigenvalue weighted by atomic mass is 35.5. The maximum Gasteiger partial charge on any atom is 0.261 e. The lowest BCUT2D eigenvalue weighted by atomic mass is 10.00. The molecule has 0 fully saturated rings. The fourth-order valence-electron chi connectivity index (χ4n) is 3.90. The highest BCUT2D eigenvalue weighted by Gasteiger charge is 2.23. The van der Waals surface area contributed by atoms with E-state index in [2.05, 4.69) is 10.8 Å². The first-order valence-corrected chi connectivity index (χ1v) is 12.4. The SMILES string of the molecule is N#Cc1ccc(CCC(=O)N2CCCc3cc(NS(=O)(=O)c4cccc(Cl)c4)ccc32)cc1. The molecule has 1 heterocycles. The lowest BCUT2D eigenvalue weighted by Gasteiger charge is -2.30. The van der Waals surface area contributed by atoms with Crippen molar-refractivity contribution in [1.29, 1.82) is 5.26 Å². The molecule has 0 aliphatic carbocycles. The van der Waals surface area contributed by atoms with E-state index in [0.29, 0.717) is 35.7 Å². The summed E-state index contributed by atoms with van der Waals surface area (Å²) in [5.74, 6) is 0.0209. The summed E-state index contributed by atoms with van der Waals surface area (Å²) in [6, 6.07) is 20.7. The number of carbonyl (C=O) groups is 1. The van der Waals surface area contributed by atoms with Crippen LogP contribution < -0.4 is 9.62 Å². The molecule has 0 atom stereocenters. The van der Waals surface area contributed by atoms with E-state index in [1.807, 2.05) is 12.1 Å². The molecule has 3 aromatic rings. The third-order valence-electron chi connectivity index (χ3n) is 5.57. The number of carbonyl (C=O) groups excluding carboxylic acids is 1. The largest absolute Gasteiger partial charge is 0.312 e. The van der Waals surface area contributed by atoms with E-state index >= 15 is 0 Å². The molecule has 0 bridgehead atoms. The van der Waals surface area contributed by atoms with Crippen molar-refractivity contribution in [2.45, 2.75) is 30.6 Å². The van der Waals surface area contributed by atoms with Crippen LogP contribution in [-0.4, -0.2) is 20.9 Å². The maximum absolute atomic E-state index is 12.9. The van der Waals surface area contributed by atoms with E-state index in [-0.39, 0.29) is 10.8 Å². The third-order valence-corrected chi connectivity index (χ3v) is 7.18. The first-order valence-electron chi connectivity index (χ1n) is 10.6. The summed E-state index contributed by atoms with van der Waals surface area (Å²) in [5.41, 5.74) is 3.79. The van der Waals surface area contributed by atoms with Crippen LogP contribution in [0.1, 0.15) is 29.5 Å². The van der Waals surface area contributed by atoms with Crippen LogP contribution in [0.25, 0.3) is 0 Å². The predicted molar refractivity (Wildman–Crippen MR) is 129 cm³/mol. The Hall–Kier alpha value is -3.34. The molecule has 33 heavy (non-hydrogen) atoms. The Morgan fingerprint density at radius 3 is 2.61 bits per heavy atom. The summed E-state index contributed by atoms with van der Waals surface area (Å²) in [7, 11) is -3.77. The van der Waals surface area contributed by atoms with Gasteiger partial charge in [0.05, 0.1) is 16.5 Å². The summed E-state index contributed by atoms with van der Waals surface area (Å²) in [6.45, 7) is 0.632. The minimum atomic E-state index is -3.77. The molecule has 6 nitrogen and oxygen atoms in total. The van der Waals surface area contributed by atoms with Gasteiger partial charge in [-0.15, -0.1) is 0 Å².